The highest BCUT2D eigenvalue weighted by Crippen LogP contribution is 2.46. The summed E-state index contributed by atoms with van der Waals surface area (Å²) in [5.74, 6) is 0.873. The summed E-state index contributed by atoms with van der Waals surface area (Å²) >= 11 is 5.91. The monoisotopic (exact) mass is 264 g/mol. The Morgan fingerprint density at radius 3 is 2.88 bits per heavy atom. The van der Waals surface area contributed by atoms with Gasteiger partial charge in [-0.1, -0.05) is 12.8 Å². The smallest absolute Gasteiger partial charge is 0.0885 e. The van der Waals surface area contributed by atoms with Gasteiger partial charge in [-0.3, -0.25) is 0 Å². The average Bonchev–Trinajstić information content (AvgIpc) is 2.98. The van der Waals surface area contributed by atoms with Crippen LogP contribution in [-0.4, -0.2) is 0 Å². The second-order valence-electron chi connectivity index (χ2n) is 4.55. The molecule has 0 atom stereocenters. The first kappa shape index (κ1) is 9.63. The van der Waals surface area contributed by atoms with Gasteiger partial charge in [-0.2, -0.15) is 0 Å². The third-order valence-corrected chi connectivity index (χ3v) is 7.20. The van der Waals surface area contributed by atoms with Crippen molar-refractivity contribution in [3.63, 3.8) is 0 Å². The van der Waals surface area contributed by atoms with Gasteiger partial charge in [-0.05, 0) is 36.3 Å². The van der Waals surface area contributed by atoms with Crippen molar-refractivity contribution in [3.8, 4) is 0 Å². The van der Waals surface area contributed by atoms with Crippen LogP contribution in [0.1, 0.15) is 36.5 Å². The van der Waals surface area contributed by atoms with Gasteiger partial charge < -0.3 is 0 Å². The third-order valence-electron chi connectivity index (χ3n) is 3.55. The van der Waals surface area contributed by atoms with Crippen LogP contribution in [0.3, 0.4) is 0 Å². The lowest BCUT2D eigenvalue weighted by Crippen LogP contribution is -1.85. The topological polar surface area (TPSA) is 0 Å². The van der Waals surface area contributed by atoms with E-state index >= 15 is 0 Å². The van der Waals surface area contributed by atoms with Gasteiger partial charge in [-0.25, -0.2) is 0 Å². The van der Waals surface area contributed by atoms with E-state index in [0.717, 1.165) is 5.92 Å². The Morgan fingerprint density at radius 2 is 2.00 bits per heavy atom. The minimum Gasteiger partial charge on any atom is -0.138 e. The van der Waals surface area contributed by atoms with E-state index in [1.807, 2.05) is 22.7 Å². The third kappa shape index (κ3) is 1.31. The quantitative estimate of drug-likeness (QED) is 0.518. The summed E-state index contributed by atoms with van der Waals surface area (Å²) in [6, 6.07) is 4.75. The first-order valence-corrected chi connectivity index (χ1v) is 8.32. The van der Waals surface area contributed by atoms with E-state index in [1.165, 1.54) is 39.8 Å². The molecule has 4 rings (SSSR count). The molecule has 0 saturated heterocycles. The molecule has 0 radical (unpaired) electrons. The molecule has 0 bridgehead atoms. The molecule has 0 aromatic carbocycles. The van der Waals surface area contributed by atoms with Crippen molar-refractivity contribution in [2.75, 3.05) is 0 Å². The molecular formula is C13H12S3. The average molecular weight is 264 g/mol. The van der Waals surface area contributed by atoms with Gasteiger partial charge in [0.1, 0.15) is 0 Å². The minimum absolute atomic E-state index is 0.873. The van der Waals surface area contributed by atoms with Crippen molar-refractivity contribution in [2.24, 2.45) is 0 Å². The summed E-state index contributed by atoms with van der Waals surface area (Å²) in [5, 5.41) is 3.72. The van der Waals surface area contributed by atoms with E-state index in [4.69, 9.17) is 0 Å². The van der Waals surface area contributed by atoms with Gasteiger partial charge >= 0.3 is 0 Å². The van der Waals surface area contributed by atoms with Crippen molar-refractivity contribution < 1.29 is 0 Å². The van der Waals surface area contributed by atoms with Crippen LogP contribution in [-0.2, 0) is 0 Å². The molecule has 0 N–H and O–H groups in total. The van der Waals surface area contributed by atoms with Crippen LogP contribution in [0.2, 0.25) is 0 Å². The van der Waals surface area contributed by atoms with Gasteiger partial charge in [-0.15, -0.1) is 34.0 Å². The molecule has 1 saturated carbocycles. The predicted molar refractivity (Wildman–Crippen MR) is 76.3 cm³/mol. The predicted octanol–water partition coefficient (Wildman–Crippen LogP) is 5.84. The SMILES string of the molecule is c1cc2c(s1)sc1cc(C3CCCC3)sc12. The van der Waals surface area contributed by atoms with Crippen LogP contribution < -0.4 is 0 Å². The standard InChI is InChI=1S/C13H12S3/c1-2-4-8(3-1)10-7-11-12(15-10)9-5-6-14-13(9)16-11/h5-8H,1-4H2. The molecule has 0 unspecified atom stereocenters. The second kappa shape index (κ2) is 3.56. The lowest BCUT2D eigenvalue weighted by atomic mass is 10.1. The zero-order valence-corrected chi connectivity index (χ0v) is 11.3. The Kier molecular flexibility index (Phi) is 2.14. The lowest BCUT2D eigenvalue weighted by Gasteiger charge is -2.03. The molecule has 3 aromatic rings. The first-order valence-electron chi connectivity index (χ1n) is 5.81. The van der Waals surface area contributed by atoms with Crippen LogP contribution in [0.4, 0.5) is 0 Å². The molecular weight excluding hydrogens is 252 g/mol. The van der Waals surface area contributed by atoms with E-state index in [9.17, 15) is 0 Å². The van der Waals surface area contributed by atoms with Crippen LogP contribution in [0.5, 0.6) is 0 Å². The summed E-state index contributed by atoms with van der Waals surface area (Å²) in [7, 11) is 0. The Labute approximate surface area is 107 Å². The minimum atomic E-state index is 0.873. The van der Waals surface area contributed by atoms with E-state index in [2.05, 4.69) is 28.8 Å². The molecule has 1 aliphatic rings. The van der Waals surface area contributed by atoms with Gasteiger partial charge in [0.05, 0.1) is 8.71 Å². The summed E-state index contributed by atoms with van der Waals surface area (Å²) in [6.45, 7) is 0. The molecule has 82 valence electrons. The molecule has 16 heavy (non-hydrogen) atoms. The zero-order chi connectivity index (χ0) is 10.5. The highest BCUT2D eigenvalue weighted by Gasteiger charge is 2.20. The van der Waals surface area contributed by atoms with Crippen molar-refractivity contribution in [1.82, 2.24) is 0 Å². The number of hydrogen-bond donors (Lipinski definition) is 0. The first-order chi connectivity index (χ1) is 7.92. The Morgan fingerprint density at radius 1 is 1.12 bits per heavy atom. The summed E-state index contributed by atoms with van der Waals surface area (Å²) in [5.41, 5.74) is 0. The molecule has 0 nitrogen and oxygen atoms in total. The maximum Gasteiger partial charge on any atom is 0.0885 e. The largest absolute Gasteiger partial charge is 0.138 e. The molecule has 3 aromatic heterocycles. The highest BCUT2D eigenvalue weighted by molar-refractivity contribution is 7.43. The van der Waals surface area contributed by atoms with Crippen LogP contribution >= 0.6 is 34.0 Å². The normalized spacial score (nSPS) is 18.0. The number of rotatable bonds is 1. The fourth-order valence-electron chi connectivity index (χ4n) is 2.71. The van der Waals surface area contributed by atoms with Crippen molar-refractivity contribution in [1.29, 1.82) is 0 Å². The number of fused-ring (bicyclic) bond motifs is 3. The highest BCUT2D eigenvalue weighted by atomic mass is 32.2. The van der Waals surface area contributed by atoms with E-state index in [-0.39, 0.29) is 0 Å². The zero-order valence-electron chi connectivity index (χ0n) is 8.86. The summed E-state index contributed by atoms with van der Waals surface area (Å²) in [4.78, 5) is 1.65. The van der Waals surface area contributed by atoms with Crippen molar-refractivity contribution in [2.45, 2.75) is 31.6 Å². The maximum absolute atomic E-state index is 2.47. The fourth-order valence-corrected chi connectivity index (χ4v) is 6.54. The van der Waals surface area contributed by atoms with Crippen LogP contribution in [0.25, 0.3) is 18.8 Å². The molecule has 1 fully saturated rings. The Hall–Kier alpha value is -0.380. The van der Waals surface area contributed by atoms with Gasteiger partial charge in [0.15, 0.2) is 0 Å². The second-order valence-corrected chi connectivity index (χ2v) is 7.86. The van der Waals surface area contributed by atoms with E-state index in [0.29, 0.717) is 0 Å². The van der Waals surface area contributed by atoms with Crippen LogP contribution in [0, 0.1) is 0 Å². The van der Waals surface area contributed by atoms with Gasteiger partial charge in [0.2, 0.25) is 0 Å². The van der Waals surface area contributed by atoms with Crippen molar-refractivity contribution in [3.05, 3.63) is 22.4 Å². The van der Waals surface area contributed by atoms with E-state index < -0.39 is 0 Å². The van der Waals surface area contributed by atoms with Gasteiger partial charge in [0.25, 0.3) is 0 Å². The summed E-state index contributed by atoms with van der Waals surface area (Å²) in [6.07, 6.45) is 5.70. The Balaban J connectivity index is 1.91. The van der Waals surface area contributed by atoms with Gasteiger partial charge in [0, 0.05) is 15.0 Å². The van der Waals surface area contributed by atoms with Crippen molar-refractivity contribution >= 4 is 52.8 Å². The molecule has 3 heteroatoms. The maximum atomic E-state index is 2.47. The van der Waals surface area contributed by atoms with E-state index in [1.54, 1.807) is 9.58 Å². The molecule has 3 heterocycles. The number of thiophene rings is 3. The summed E-state index contributed by atoms with van der Waals surface area (Å²) < 4.78 is 4.57. The number of hydrogen-bond acceptors (Lipinski definition) is 3. The fraction of sp³-hybridized carbons (Fsp3) is 0.385. The Bertz CT molecular complexity index is 634. The molecule has 0 aliphatic heterocycles. The molecule has 0 amide bonds. The lowest BCUT2D eigenvalue weighted by molar-refractivity contribution is 0.739. The van der Waals surface area contributed by atoms with Crippen LogP contribution in [0.15, 0.2) is 17.5 Å². The molecule has 0 spiro atoms. The molecule has 1 aliphatic carbocycles.